The third kappa shape index (κ3) is 5.60. The maximum atomic E-state index is 5.86. The Morgan fingerprint density at radius 1 is 0.647 bits per heavy atom. The molecule has 2 heterocycles. The van der Waals surface area contributed by atoms with Gasteiger partial charge in [-0.1, -0.05) is 60.7 Å². The predicted molar refractivity (Wildman–Crippen MR) is 134 cm³/mol. The summed E-state index contributed by atoms with van der Waals surface area (Å²) in [5.41, 5.74) is 3.72. The molecule has 0 aliphatic heterocycles. The van der Waals surface area contributed by atoms with Gasteiger partial charge in [-0.2, -0.15) is 0 Å². The Morgan fingerprint density at radius 2 is 1.12 bits per heavy atom. The molecule has 2 aromatic carbocycles. The average molecular weight is 455 g/mol. The Balaban J connectivity index is 1.49. The normalized spacial score (nSPS) is 11.2. The maximum absolute atomic E-state index is 5.86. The first-order valence-electron chi connectivity index (χ1n) is 11.3. The number of pyridine rings is 2. The van der Waals surface area contributed by atoms with Crippen LogP contribution in [0.2, 0.25) is 0 Å². The summed E-state index contributed by atoms with van der Waals surface area (Å²) in [4.78, 5) is 9.12. The van der Waals surface area contributed by atoms with E-state index in [9.17, 15) is 0 Å². The van der Waals surface area contributed by atoms with E-state index in [-0.39, 0.29) is 0 Å². The van der Waals surface area contributed by atoms with Gasteiger partial charge in [-0.25, -0.2) is 9.97 Å². The molecule has 34 heavy (non-hydrogen) atoms. The molecular weight excluding hydrogens is 424 g/mol. The van der Waals surface area contributed by atoms with Crippen LogP contribution in [0.1, 0.15) is 22.3 Å². The van der Waals surface area contributed by atoms with Gasteiger partial charge in [-0.15, -0.1) is 0 Å². The van der Waals surface area contributed by atoms with E-state index in [2.05, 4.69) is 20.6 Å². The van der Waals surface area contributed by atoms with Crippen molar-refractivity contribution in [2.24, 2.45) is 0 Å². The topological polar surface area (TPSA) is 68.3 Å². The zero-order valence-electron chi connectivity index (χ0n) is 19.6. The van der Waals surface area contributed by atoms with E-state index in [0.717, 1.165) is 22.3 Å². The number of nitrogens with one attached hydrogen (secondary N) is 2. The van der Waals surface area contributed by atoms with E-state index >= 15 is 0 Å². The molecule has 0 aliphatic carbocycles. The van der Waals surface area contributed by atoms with Crippen molar-refractivity contribution in [2.75, 3.05) is 20.6 Å². The van der Waals surface area contributed by atoms with Crippen molar-refractivity contribution in [3.63, 3.8) is 0 Å². The lowest BCUT2D eigenvalue weighted by Gasteiger charge is -2.34. The van der Waals surface area contributed by atoms with E-state index in [1.165, 1.54) is 0 Å². The molecule has 0 spiro atoms. The minimum Gasteiger partial charge on any atom is -0.473 e. The van der Waals surface area contributed by atoms with Gasteiger partial charge in [0.2, 0.25) is 11.8 Å². The largest absolute Gasteiger partial charge is 0.473 e. The first kappa shape index (κ1) is 23.4. The number of nitrogens with zero attached hydrogens (tertiary/aromatic N) is 2. The van der Waals surface area contributed by atoms with Gasteiger partial charge in [0.15, 0.2) is 0 Å². The highest BCUT2D eigenvalue weighted by molar-refractivity contribution is 5.39. The number of hydrogen-bond donors (Lipinski definition) is 2. The summed E-state index contributed by atoms with van der Waals surface area (Å²) in [6.07, 6.45) is 3.71. The molecule has 4 aromatic rings. The number of hydrogen-bond acceptors (Lipinski definition) is 6. The molecule has 174 valence electrons. The Labute approximate surface area is 201 Å². The SMILES string of the molecule is CNCC(NC)(c1ccc(OCc2ccccc2)nc1)c1ccc(OCc2ccccc2)nc1. The van der Waals surface area contributed by atoms with Gasteiger partial charge >= 0.3 is 0 Å². The molecule has 2 N–H and O–H groups in total. The highest BCUT2D eigenvalue weighted by atomic mass is 16.5. The first-order valence-corrected chi connectivity index (χ1v) is 11.3. The van der Waals surface area contributed by atoms with Gasteiger partial charge in [0, 0.05) is 31.1 Å². The molecule has 0 aliphatic rings. The van der Waals surface area contributed by atoms with Crippen molar-refractivity contribution < 1.29 is 9.47 Å². The van der Waals surface area contributed by atoms with Crippen LogP contribution in [0, 0.1) is 0 Å². The summed E-state index contributed by atoms with van der Waals surface area (Å²) < 4.78 is 11.7. The summed E-state index contributed by atoms with van der Waals surface area (Å²) in [5.74, 6) is 1.18. The van der Waals surface area contributed by atoms with Crippen molar-refractivity contribution in [1.29, 1.82) is 0 Å². The van der Waals surface area contributed by atoms with Crippen LogP contribution in [-0.4, -0.2) is 30.6 Å². The standard InChI is InChI=1S/C28H30N4O2/c1-29-21-28(30-2,24-13-15-26(31-17-24)33-19-22-9-5-3-6-10-22)25-14-16-27(32-18-25)34-20-23-11-7-4-8-12-23/h3-18,29-30H,19-21H2,1-2H3. The molecule has 0 amide bonds. The van der Waals surface area contributed by atoms with Gasteiger partial charge in [0.1, 0.15) is 13.2 Å². The summed E-state index contributed by atoms with van der Waals surface area (Å²) in [7, 11) is 3.87. The molecule has 6 nitrogen and oxygen atoms in total. The van der Waals surface area contributed by atoms with Gasteiger partial charge < -0.3 is 20.1 Å². The fraction of sp³-hybridized carbons (Fsp3) is 0.214. The lowest BCUT2D eigenvalue weighted by atomic mass is 9.84. The molecule has 2 aromatic heterocycles. The summed E-state index contributed by atoms with van der Waals surface area (Å²) in [5, 5.41) is 6.78. The molecule has 0 saturated heterocycles. The molecule has 0 atom stereocenters. The molecule has 0 bridgehead atoms. The molecule has 0 fully saturated rings. The van der Waals surface area contributed by atoms with Crippen molar-refractivity contribution in [3.8, 4) is 11.8 Å². The van der Waals surface area contributed by atoms with E-state index < -0.39 is 5.54 Å². The number of benzene rings is 2. The van der Waals surface area contributed by atoms with Crippen LogP contribution >= 0.6 is 0 Å². The minimum absolute atomic E-state index is 0.481. The molecule has 0 unspecified atom stereocenters. The molecule has 0 radical (unpaired) electrons. The highest BCUT2D eigenvalue weighted by Gasteiger charge is 2.33. The summed E-state index contributed by atoms with van der Waals surface area (Å²) in [6.45, 7) is 1.62. The number of ether oxygens (including phenoxy) is 2. The van der Waals surface area contributed by atoms with Crippen molar-refractivity contribution in [3.05, 3.63) is 120 Å². The monoisotopic (exact) mass is 454 g/mol. The first-order chi connectivity index (χ1) is 16.7. The van der Waals surface area contributed by atoms with Crippen LogP contribution in [0.5, 0.6) is 11.8 Å². The quantitative estimate of drug-likeness (QED) is 0.352. The van der Waals surface area contributed by atoms with E-state index in [0.29, 0.717) is 31.5 Å². The Kier molecular flexibility index (Phi) is 7.86. The molecule has 4 rings (SSSR count). The van der Waals surface area contributed by atoms with Crippen LogP contribution in [-0.2, 0) is 18.8 Å². The van der Waals surface area contributed by atoms with Gasteiger partial charge in [-0.05, 0) is 48.5 Å². The summed E-state index contributed by atoms with van der Waals surface area (Å²) >= 11 is 0. The van der Waals surface area contributed by atoms with E-state index in [1.807, 2.05) is 111 Å². The zero-order valence-corrected chi connectivity index (χ0v) is 19.6. The fourth-order valence-electron chi connectivity index (χ4n) is 3.91. The Hall–Kier alpha value is -3.74. The van der Waals surface area contributed by atoms with Crippen molar-refractivity contribution in [2.45, 2.75) is 18.8 Å². The second-order valence-electron chi connectivity index (χ2n) is 8.00. The highest BCUT2D eigenvalue weighted by Crippen LogP contribution is 2.30. The number of likely N-dealkylation sites (N-methyl/N-ethyl adjacent to an activating group) is 2. The smallest absolute Gasteiger partial charge is 0.213 e. The molecule has 0 saturated carbocycles. The Morgan fingerprint density at radius 3 is 1.47 bits per heavy atom. The van der Waals surface area contributed by atoms with Gasteiger partial charge in [0.25, 0.3) is 0 Å². The molecule has 6 heteroatoms. The number of rotatable bonds is 11. The lowest BCUT2D eigenvalue weighted by molar-refractivity contribution is 0.292. The lowest BCUT2D eigenvalue weighted by Crippen LogP contribution is -2.48. The van der Waals surface area contributed by atoms with E-state index in [4.69, 9.17) is 9.47 Å². The third-order valence-corrected chi connectivity index (χ3v) is 5.79. The van der Waals surface area contributed by atoms with Gasteiger partial charge in [-0.3, -0.25) is 0 Å². The second-order valence-corrected chi connectivity index (χ2v) is 8.00. The fourth-order valence-corrected chi connectivity index (χ4v) is 3.91. The van der Waals surface area contributed by atoms with Crippen LogP contribution < -0.4 is 20.1 Å². The van der Waals surface area contributed by atoms with Crippen molar-refractivity contribution in [1.82, 2.24) is 20.6 Å². The number of aromatic nitrogens is 2. The minimum atomic E-state index is -0.509. The summed E-state index contributed by atoms with van der Waals surface area (Å²) in [6, 6.07) is 28.0. The predicted octanol–water partition coefficient (Wildman–Crippen LogP) is 4.32. The van der Waals surface area contributed by atoms with Crippen LogP contribution in [0.25, 0.3) is 0 Å². The Bertz CT molecular complexity index is 1050. The van der Waals surface area contributed by atoms with Crippen molar-refractivity contribution >= 4 is 0 Å². The van der Waals surface area contributed by atoms with E-state index in [1.54, 1.807) is 0 Å². The van der Waals surface area contributed by atoms with Crippen LogP contribution in [0.3, 0.4) is 0 Å². The second kappa shape index (κ2) is 11.4. The molecular formula is C28H30N4O2. The third-order valence-electron chi connectivity index (χ3n) is 5.79. The zero-order chi connectivity index (χ0) is 23.6. The van der Waals surface area contributed by atoms with Crippen LogP contribution in [0.4, 0.5) is 0 Å². The van der Waals surface area contributed by atoms with Gasteiger partial charge in [0.05, 0.1) is 5.54 Å². The maximum Gasteiger partial charge on any atom is 0.213 e. The van der Waals surface area contributed by atoms with Crippen LogP contribution in [0.15, 0.2) is 97.3 Å². The average Bonchev–Trinajstić information content (AvgIpc) is 2.91.